The van der Waals surface area contributed by atoms with Crippen molar-refractivity contribution in [3.05, 3.63) is 41.8 Å². The van der Waals surface area contributed by atoms with Crippen molar-refractivity contribution in [2.45, 2.75) is 36.8 Å². The van der Waals surface area contributed by atoms with Crippen LogP contribution in [0.15, 0.2) is 40.0 Å². The number of aromatic nitrogens is 2. The maximum absolute atomic E-state index is 6.29. The number of aryl methyl sites for hydroxylation is 1. The van der Waals surface area contributed by atoms with Crippen molar-refractivity contribution in [3.63, 3.8) is 0 Å². The fourth-order valence-corrected chi connectivity index (χ4v) is 2.74. The first-order valence-electron chi connectivity index (χ1n) is 5.98. The third kappa shape index (κ3) is 3.11. The Morgan fingerprint density at radius 2 is 2.00 bits per heavy atom. The molecule has 1 heterocycles. The fraction of sp³-hybridized carbons (Fsp3) is 0.385. The zero-order chi connectivity index (χ0) is 13.0. The second kappa shape index (κ2) is 6.02. The summed E-state index contributed by atoms with van der Waals surface area (Å²) in [6.07, 6.45) is 0.947. The second-order valence-corrected chi connectivity index (χ2v) is 5.28. The second-order valence-electron chi connectivity index (χ2n) is 4.09. The van der Waals surface area contributed by atoms with Crippen LogP contribution in [0.3, 0.4) is 0 Å². The molecule has 18 heavy (non-hydrogen) atoms. The van der Waals surface area contributed by atoms with Gasteiger partial charge in [0.25, 0.3) is 5.22 Å². The molecule has 0 aliphatic heterocycles. The molecule has 2 aromatic rings. The van der Waals surface area contributed by atoms with E-state index in [2.05, 4.69) is 17.1 Å². The molecule has 1 aromatic heterocycles. The first-order valence-corrected chi connectivity index (χ1v) is 6.86. The molecule has 0 saturated heterocycles. The molecule has 0 spiro atoms. The Bertz CT molecular complexity index is 486. The smallest absolute Gasteiger partial charge is 0.276 e. The van der Waals surface area contributed by atoms with Crippen LogP contribution < -0.4 is 5.73 Å². The Balaban J connectivity index is 2.09. The van der Waals surface area contributed by atoms with E-state index < -0.39 is 0 Å². The monoisotopic (exact) mass is 263 g/mol. The van der Waals surface area contributed by atoms with Gasteiger partial charge in [0.1, 0.15) is 0 Å². The lowest BCUT2D eigenvalue weighted by Gasteiger charge is -2.20. The molecule has 2 atom stereocenters. The number of hydrogen-bond donors (Lipinski definition) is 1. The number of benzene rings is 1. The number of nitrogens with zero attached hydrogens (tertiary/aromatic N) is 2. The van der Waals surface area contributed by atoms with E-state index >= 15 is 0 Å². The van der Waals surface area contributed by atoms with Gasteiger partial charge in [-0.05, 0) is 12.0 Å². The molecule has 2 unspecified atom stereocenters. The first-order chi connectivity index (χ1) is 8.70. The molecule has 2 N–H and O–H groups in total. The van der Waals surface area contributed by atoms with E-state index in [1.54, 1.807) is 18.7 Å². The van der Waals surface area contributed by atoms with Gasteiger partial charge >= 0.3 is 0 Å². The molecule has 0 fully saturated rings. The average molecular weight is 263 g/mol. The molecule has 0 radical (unpaired) electrons. The molecule has 1 aromatic carbocycles. The van der Waals surface area contributed by atoms with Gasteiger partial charge in [-0.25, -0.2) is 0 Å². The van der Waals surface area contributed by atoms with Crippen LogP contribution >= 0.6 is 11.8 Å². The van der Waals surface area contributed by atoms with E-state index in [0.717, 1.165) is 12.0 Å². The quantitative estimate of drug-likeness (QED) is 0.840. The topological polar surface area (TPSA) is 64.9 Å². The van der Waals surface area contributed by atoms with Crippen LogP contribution in [0.2, 0.25) is 0 Å². The van der Waals surface area contributed by atoms with Gasteiger partial charge in [-0.3, -0.25) is 0 Å². The third-order valence-electron chi connectivity index (χ3n) is 2.75. The Hall–Kier alpha value is -1.33. The van der Waals surface area contributed by atoms with Gasteiger partial charge in [0.2, 0.25) is 5.89 Å². The predicted molar refractivity (Wildman–Crippen MR) is 72.3 cm³/mol. The summed E-state index contributed by atoms with van der Waals surface area (Å²) in [6, 6.07) is 10.1. The molecule has 4 nitrogen and oxygen atoms in total. The van der Waals surface area contributed by atoms with Gasteiger partial charge < -0.3 is 10.2 Å². The fourth-order valence-electron chi connectivity index (χ4n) is 1.76. The summed E-state index contributed by atoms with van der Waals surface area (Å²) >= 11 is 1.55. The normalized spacial score (nSPS) is 14.4. The summed E-state index contributed by atoms with van der Waals surface area (Å²) in [7, 11) is 0. The maximum Gasteiger partial charge on any atom is 0.276 e. The van der Waals surface area contributed by atoms with Crippen LogP contribution in [-0.4, -0.2) is 15.4 Å². The van der Waals surface area contributed by atoms with Crippen molar-refractivity contribution >= 4 is 11.8 Å². The number of nitrogens with two attached hydrogens (primary N) is 1. The van der Waals surface area contributed by atoms with Crippen LogP contribution in [0.1, 0.15) is 30.8 Å². The van der Waals surface area contributed by atoms with E-state index in [0.29, 0.717) is 11.1 Å². The Kier molecular flexibility index (Phi) is 4.38. The van der Waals surface area contributed by atoms with E-state index in [-0.39, 0.29) is 11.3 Å². The van der Waals surface area contributed by atoms with Crippen LogP contribution in [-0.2, 0) is 0 Å². The summed E-state index contributed by atoms with van der Waals surface area (Å²) in [5.41, 5.74) is 7.43. The van der Waals surface area contributed by atoms with Gasteiger partial charge in [0.15, 0.2) is 0 Å². The standard InChI is InChI=1S/C13H17N3OS/c1-3-11(18-13-16-15-9(2)17-13)12(14)10-7-5-4-6-8-10/h4-8,11-12H,3,14H2,1-2H3. The predicted octanol–water partition coefficient (Wildman–Crippen LogP) is 2.95. The van der Waals surface area contributed by atoms with E-state index in [4.69, 9.17) is 10.2 Å². The van der Waals surface area contributed by atoms with E-state index in [1.165, 1.54) is 0 Å². The average Bonchev–Trinajstić information content (AvgIpc) is 2.82. The highest BCUT2D eigenvalue weighted by Gasteiger charge is 2.21. The minimum atomic E-state index is -0.0339. The van der Waals surface area contributed by atoms with Gasteiger partial charge in [-0.2, -0.15) is 0 Å². The zero-order valence-corrected chi connectivity index (χ0v) is 11.4. The lowest BCUT2D eigenvalue weighted by atomic mass is 10.0. The van der Waals surface area contributed by atoms with Crippen LogP contribution in [0.4, 0.5) is 0 Å². The van der Waals surface area contributed by atoms with Gasteiger partial charge in [0, 0.05) is 18.2 Å². The number of hydrogen-bond acceptors (Lipinski definition) is 5. The highest BCUT2D eigenvalue weighted by molar-refractivity contribution is 7.99. The molecule has 2 rings (SSSR count). The van der Waals surface area contributed by atoms with Crippen molar-refractivity contribution in [1.29, 1.82) is 0 Å². The molecule has 5 heteroatoms. The Labute approximate surface area is 111 Å². The molecule has 0 saturated carbocycles. The first kappa shape index (κ1) is 13.1. The maximum atomic E-state index is 6.29. The third-order valence-corrected chi connectivity index (χ3v) is 4.04. The molecule has 0 bridgehead atoms. The van der Waals surface area contributed by atoms with E-state index in [9.17, 15) is 0 Å². The van der Waals surface area contributed by atoms with Gasteiger partial charge in [0.05, 0.1) is 0 Å². The largest absolute Gasteiger partial charge is 0.416 e. The molecule has 96 valence electrons. The summed E-state index contributed by atoms with van der Waals surface area (Å²) < 4.78 is 5.39. The summed E-state index contributed by atoms with van der Waals surface area (Å²) in [4.78, 5) is 0. The molecule has 0 amide bonds. The van der Waals surface area contributed by atoms with E-state index in [1.807, 2.05) is 30.3 Å². The van der Waals surface area contributed by atoms with Crippen molar-refractivity contribution in [1.82, 2.24) is 10.2 Å². The summed E-state index contributed by atoms with van der Waals surface area (Å²) in [5.74, 6) is 0.584. The van der Waals surface area contributed by atoms with Crippen LogP contribution in [0, 0.1) is 6.92 Å². The SMILES string of the molecule is CCC(Sc1nnc(C)o1)C(N)c1ccccc1. The van der Waals surface area contributed by atoms with Gasteiger partial charge in [-0.1, -0.05) is 49.0 Å². The zero-order valence-electron chi connectivity index (χ0n) is 10.5. The molecular formula is C13H17N3OS. The summed E-state index contributed by atoms with van der Waals surface area (Å²) in [6.45, 7) is 3.90. The van der Waals surface area contributed by atoms with Crippen molar-refractivity contribution < 1.29 is 4.42 Å². The lowest BCUT2D eigenvalue weighted by Crippen LogP contribution is -2.23. The Morgan fingerprint density at radius 1 is 1.28 bits per heavy atom. The van der Waals surface area contributed by atoms with Crippen LogP contribution in [0.5, 0.6) is 0 Å². The minimum absolute atomic E-state index is 0.0339. The number of rotatable bonds is 5. The molecular weight excluding hydrogens is 246 g/mol. The molecule has 0 aliphatic rings. The van der Waals surface area contributed by atoms with Crippen molar-refractivity contribution in [2.24, 2.45) is 5.73 Å². The lowest BCUT2D eigenvalue weighted by molar-refractivity contribution is 0.427. The highest BCUT2D eigenvalue weighted by Crippen LogP contribution is 2.32. The van der Waals surface area contributed by atoms with Crippen molar-refractivity contribution in [2.75, 3.05) is 0 Å². The van der Waals surface area contributed by atoms with Gasteiger partial charge in [-0.15, -0.1) is 10.2 Å². The molecule has 0 aliphatic carbocycles. The number of thioether (sulfide) groups is 1. The van der Waals surface area contributed by atoms with Crippen LogP contribution in [0.25, 0.3) is 0 Å². The Morgan fingerprint density at radius 3 is 2.56 bits per heavy atom. The summed E-state index contributed by atoms with van der Waals surface area (Å²) in [5, 5.41) is 8.65. The minimum Gasteiger partial charge on any atom is -0.416 e. The highest BCUT2D eigenvalue weighted by atomic mass is 32.2. The van der Waals surface area contributed by atoms with Crippen molar-refractivity contribution in [3.8, 4) is 0 Å².